The Labute approximate surface area is 109 Å². The van der Waals surface area contributed by atoms with Crippen molar-refractivity contribution in [2.24, 2.45) is 5.41 Å². The Morgan fingerprint density at radius 1 is 1.29 bits per heavy atom. The Morgan fingerprint density at radius 2 is 2.06 bits per heavy atom. The fourth-order valence-corrected chi connectivity index (χ4v) is 4.93. The molecule has 1 N–H and O–H groups in total. The lowest BCUT2D eigenvalue weighted by Gasteiger charge is -2.62. The summed E-state index contributed by atoms with van der Waals surface area (Å²) in [6, 6.07) is 1.56. The van der Waals surface area contributed by atoms with Gasteiger partial charge in [-0.3, -0.25) is 0 Å². The molecule has 0 amide bonds. The van der Waals surface area contributed by atoms with Crippen molar-refractivity contribution in [3.8, 4) is 0 Å². The Balaban J connectivity index is 1.54. The molecule has 0 radical (unpaired) electrons. The number of thioether (sulfide) groups is 1. The molecular weight excluding hydrogens is 230 g/mol. The fraction of sp³-hybridized carbons (Fsp3) is 1.00. The molecule has 2 aliphatic carbocycles. The molecule has 1 spiro atoms. The zero-order valence-electron chi connectivity index (χ0n) is 10.9. The summed E-state index contributed by atoms with van der Waals surface area (Å²) < 4.78 is 5.91. The van der Waals surface area contributed by atoms with E-state index in [2.05, 4.69) is 24.0 Å². The van der Waals surface area contributed by atoms with Gasteiger partial charge < -0.3 is 10.1 Å². The first kappa shape index (κ1) is 12.3. The smallest absolute Gasteiger partial charge is 0.0661 e. The van der Waals surface area contributed by atoms with Crippen LogP contribution in [0.2, 0.25) is 0 Å². The van der Waals surface area contributed by atoms with Crippen molar-refractivity contribution >= 4 is 11.8 Å². The van der Waals surface area contributed by atoms with Crippen LogP contribution < -0.4 is 5.32 Å². The molecule has 3 fully saturated rings. The van der Waals surface area contributed by atoms with Crippen molar-refractivity contribution in [2.45, 2.75) is 63.6 Å². The van der Waals surface area contributed by atoms with Gasteiger partial charge in [0.25, 0.3) is 0 Å². The highest BCUT2D eigenvalue weighted by Gasteiger charge is 2.58. The van der Waals surface area contributed by atoms with E-state index in [0.717, 1.165) is 18.7 Å². The molecule has 98 valence electrons. The van der Waals surface area contributed by atoms with Crippen LogP contribution in [0.1, 0.15) is 45.4 Å². The monoisotopic (exact) mass is 255 g/mol. The van der Waals surface area contributed by atoms with Crippen LogP contribution >= 0.6 is 11.8 Å². The maximum absolute atomic E-state index is 5.91. The summed E-state index contributed by atoms with van der Waals surface area (Å²) >= 11 is 2.11. The number of nitrogens with one attached hydrogen (secondary N) is 1. The molecule has 1 heterocycles. The number of rotatable bonds is 4. The van der Waals surface area contributed by atoms with E-state index in [-0.39, 0.29) is 0 Å². The van der Waals surface area contributed by atoms with Gasteiger partial charge in [0, 0.05) is 24.1 Å². The highest BCUT2D eigenvalue weighted by molar-refractivity contribution is 7.99. The van der Waals surface area contributed by atoms with Crippen LogP contribution in [0.25, 0.3) is 0 Å². The van der Waals surface area contributed by atoms with E-state index >= 15 is 0 Å². The van der Waals surface area contributed by atoms with Crippen molar-refractivity contribution < 1.29 is 4.74 Å². The van der Waals surface area contributed by atoms with Crippen LogP contribution in [0.15, 0.2) is 0 Å². The average Bonchev–Trinajstić information content (AvgIpc) is 2.27. The minimum absolute atomic E-state index is 0.542. The minimum Gasteiger partial charge on any atom is -0.378 e. The van der Waals surface area contributed by atoms with Gasteiger partial charge in [-0.1, -0.05) is 6.42 Å². The Kier molecular flexibility index (Phi) is 3.69. The molecular formula is C14H25NOS. The third-order valence-corrected chi connectivity index (χ3v) is 6.14. The molecule has 2 atom stereocenters. The third kappa shape index (κ3) is 2.15. The van der Waals surface area contributed by atoms with Gasteiger partial charge in [0.2, 0.25) is 0 Å². The maximum Gasteiger partial charge on any atom is 0.0661 e. The summed E-state index contributed by atoms with van der Waals surface area (Å²) in [5.74, 6) is 2.71. The first-order valence-electron chi connectivity index (χ1n) is 7.30. The summed E-state index contributed by atoms with van der Waals surface area (Å²) in [6.45, 7) is 3.02. The lowest BCUT2D eigenvalue weighted by atomic mass is 9.51. The van der Waals surface area contributed by atoms with Crippen molar-refractivity contribution in [2.75, 3.05) is 18.1 Å². The predicted octanol–water partition coefficient (Wildman–Crippen LogP) is 2.82. The van der Waals surface area contributed by atoms with Crippen LogP contribution in [0.4, 0.5) is 0 Å². The maximum atomic E-state index is 5.91. The fourth-order valence-electron chi connectivity index (χ4n) is 3.82. The van der Waals surface area contributed by atoms with Crippen molar-refractivity contribution in [1.82, 2.24) is 5.32 Å². The molecule has 2 saturated carbocycles. The topological polar surface area (TPSA) is 21.3 Å². The van der Waals surface area contributed by atoms with Gasteiger partial charge in [-0.2, -0.15) is 11.8 Å². The SMILES string of the molecule is CCOC1CC(NC2CCSCC2)C12CCC2. The molecule has 1 aliphatic heterocycles. The van der Waals surface area contributed by atoms with Crippen LogP contribution in [0.3, 0.4) is 0 Å². The van der Waals surface area contributed by atoms with Gasteiger partial charge in [-0.05, 0) is 50.5 Å². The second-order valence-corrected chi connectivity index (χ2v) is 7.10. The first-order valence-corrected chi connectivity index (χ1v) is 8.46. The van der Waals surface area contributed by atoms with E-state index in [1.807, 2.05) is 0 Å². The molecule has 17 heavy (non-hydrogen) atoms. The Bertz CT molecular complexity index is 261. The Morgan fingerprint density at radius 3 is 2.65 bits per heavy atom. The molecule has 0 bridgehead atoms. The van der Waals surface area contributed by atoms with Gasteiger partial charge in [0.1, 0.15) is 0 Å². The molecule has 3 heteroatoms. The van der Waals surface area contributed by atoms with Crippen molar-refractivity contribution in [3.05, 3.63) is 0 Å². The van der Waals surface area contributed by atoms with E-state index in [9.17, 15) is 0 Å². The zero-order chi connectivity index (χ0) is 11.7. The van der Waals surface area contributed by atoms with E-state index in [1.165, 1.54) is 50.0 Å². The normalized spacial score (nSPS) is 36.5. The van der Waals surface area contributed by atoms with E-state index < -0.39 is 0 Å². The van der Waals surface area contributed by atoms with Gasteiger partial charge in [0.05, 0.1) is 6.10 Å². The molecule has 3 aliphatic rings. The molecule has 2 unspecified atom stereocenters. The molecule has 2 nitrogen and oxygen atoms in total. The lowest BCUT2D eigenvalue weighted by molar-refractivity contribution is -0.174. The van der Waals surface area contributed by atoms with E-state index in [1.54, 1.807) is 0 Å². The molecule has 3 rings (SSSR count). The molecule has 0 aromatic heterocycles. The Hall–Kier alpha value is 0.270. The molecule has 0 aromatic rings. The second kappa shape index (κ2) is 5.10. The largest absolute Gasteiger partial charge is 0.378 e. The minimum atomic E-state index is 0.542. The predicted molar refractivity (Wildman–Crippen MR) is 73.6 cm³/mol. The van der Waals surface area contributed by atoms with Crippen molar-refractivity contribution in [1.29, 1.82) is 0 Å². The third-order valence-electron chi connectivity index (χ3n) is 5.10. The zero-order valence-corrected chi connectivity index (χ0v) is 11.7. The average molecular weight is 255 g/mol. The summed E-state index contributed by atoms with van der Waals surface area (Å²) in [5, 5.41) is 3.94. The highest BCUT2D eigenvalue weighted by Crippen LogP contribution is 2.57. The van der Waals surface area contributed by atoms with Crippen LogP contribution in [0.5, 0.6) is 0 Å². The van der Waals surface area contributed by atoms with Gasteiger partial charge in [0.15, 0.2) is 0 Å². The van der Waals surface area contributed by atoms with Crippen molar-refractivity contribution in [3.63, 3.8) is 0 Å². The second-order valence-electron chi connectivity index (χ2n) is 5.87. The van der Waals surface area contributed by atoms with Crippen LogP contribution in [-0.2, 0) is 4.74 Å². The molecule has 1 saturated heterocycles. The number of hydrogen-bond acceptors (Lipinski definition) is 3. The first-order chi connectivity index (χ1) is 8.35. The summed E-state index contributed by atoms with van der Waals surface area (Å²) in [7, 11) is 0. The number of ether oxygens (including phenoxy) is 1. The number of hydrogen-bond donors (Lipinski definition) is 1. The van der Waals surface area contributed by atoms with Gasteiger partial charge in [-0.25, -0.2) is 0 Å². The van der Waals surface area contributed by atoms with Crippen LogP contribution in [-0.4, -0.2) is 36.3 Å². The van der Waals surface area contributed by atoms with Gasteiger partial charge >= 0.3 is 0 Å². The summed E-state index contributed by atoms with van der Waals surface area (Å²) in [6.07, 6.45) is 8.79. The standard InChI is InChI=1S/C14H25NOS/c1-2-16-13-10-12(14(13)6-3-7-14)15-11-4-8-17-9-5-11/h11-13,15H,2-10H2,1H3. The van der Waals surface area contributed by atoms with E-state index in [0.29, 0.717) is 11.5 Å². The van der Waals surface area contributed by atoms with Crippen LogP contribution in [0, 0.1) is 5.41 Å². The summed E-state index contributed by atoms with van der Waals surface area (Å²) in [4.78, 5) is 0. The van der Waals surface area contributed by atoms with Gasteiger partial charge in [-0.15, -0.1) is 0 Å². The quantitative estimate of drug-likeness (QED) is 0.834. The van der Waals surface area contributed by atoms with E-state index in [4.69, 9.17) is 4.74 Å². The highest BCUT2D eigenvalue weighted by atomic mass is 32.2. The molecule has 0 aromatic carbocycles. The summed E-state index contributed by atoms with van der Waals surface area (Å²) in [5.41, 5.74) is 0.542. The lowest BCUT2D eigenvalue weighted by Crippen LogP contribution is -2.68.